The summed E-state index contributed by atoms with van der Waals surface area (Å²) in [5.41, 5.74) is 3.26. The van der Waals surface area contributed by atoms with E-state index in [1.54, 1.807) is 13.0 Å². The minimum Gasteiger partial charge on any atom is -0.507 e. The number of hydrazone groups is 1. The zero-order valence-electron chi connectivity index (χ0n) is 15.1. The molecule has 2 amide bonds. The number of carbonyl (C=O) groups excluding carboxylic acids is 2. The zero-order valence-corrected chi connectivity index (χ0v) is 15.1. The lowest BCUT2D eigenvalue weighted by molar-refractivity contribution is -0.115. The summed E-state index contributed by atoms with van der Waals surface area (Å²) in [6.07, 6.45) is -0.0542. The van der Waals surface area contributed by atoms with Crippen LogP contribution in [-0.4, -0.2) is 22.6 Å². The van der Waals surface area contributed by atoms with Crippen molar-refractivity contribution in [1.29, 1.82) is 0 Å². The summed E-state index contributed by atoms with van der Waals surface area (Å²) in [6, 6.07) is 15.8. The van der Waals surface area contributed by atoms with E-state index in [1.807, 2.05) is 24.3 Å². The standard InChI is InChI=1S/C21H18FN3O3/c1-13(10-20(27)23-17-8-6-16(22)7-9-17)24-25-21(28)18-11-14-4-2-3-5-15(14)12-19(18)26/h2-9,11-12,26H,10H2,1H3,(H,23,27)(H,25,28)/b24-13+. The van der Waals surface area contributed by atoms with E-state index >= 15 is 0 Å². The first-order valence-corrected chi connectivity index (χ1v) is 8.53. The molecule has 0 saturated carbocycles. The van der Waals surface area contributed by atoms with Crippen LogP contribution in [0.25, 0.3) is 10.8 Å². The summed E-state index contributed by atoms with van der Waals surface area (Å²) in [5, 5.41) is 18.2. The number of phenolic OH excluding ortho intramolecular Hbond substituents is 1. The highest BCUT2D eigenvalue weighted by Gasteiger charge is 2.12. The summed E-state index contributed by atoms with van der Waals surface area (Å²) in [7, 11) is 0. The number of benzene rings is 3. The Morgan fingerprint density at radius 2 is 1.68 bits per heavy atom. The van der Waals surface area contributed by atoms with Crippen LogP contribution in [0, 0.1) is 5.82 Å². The van der Waals surface area contributed by atoms with Crippen LogP contribution in [0.4, 0.5) is 10.1 Å². The molecule has 0 radical (unpaired) electrons. The van der Waals surface area contributed by atoms with Gasteiger partial charge in [-0.05, 0) is 54.1 Å². The van der Waals surface area contributed by atoms with Crippen molar-refractivity contribution in [1.82, 2.24) is 5.43 Å². The maximum atomic E-state index is 12.9. The van der Waals surface area contributed by atoms with Crippen LogP contribution in [0.3, 0.4) is 0 Å². The Hall–Kier alpha value is -3.74. The molecule has 0 fully saturated rings. The Labute approximate surface area is 160 Å². The first kappa shape index (κ1) is 19.0. The van der Waals surface area contributed by atoms with Crippen molar-refractivity contribution in [2.45, 2.75) is 13.3 Å². The molecule has 0 spiro atoms. The number of fused-ring (bicyclic) bond motifs is 1. The molecule has 0 aromatic heterocycles. The van der Waals surface area contributed by atoms with Crippen LogP contribution in [0.2, 0.25) is 0 Å². The Bertz CT molecular complexity index is 1060. The number of amides is 2. The van der Waals surface area contributed by atoms with Gasteiger partial charge in [-0.25, -0.2) is 9.82 Å². The molecule has 142 valence electrons. The lowest BCUT2D eigenvalue weighted by Crippen LogP contribution is -2.21. The van der Waals surface area contributed by atoms with Gasteiger partial charge in [0.1, 0.15) is 11.6 Å². The summed E-state index contributed by atoms with van der Waals surface area (Å²) in [4.78, 5) is 24.3. The van der Waals surface area contributed by atoms with Gasteiger partial charge in [0.25, 0.3) is 5.91 Å². The van der Waals surface area contributed by atoms with Gasteiger partial charge in [0.05, 0.1) is 12.0 Å². The molecular formula is C21H18FN3O3. The molecule has 0 aliphatic heterocycles. The van der Waals surface area contributed by atoms with E-state index < -0.39 is 11.7 Å². The van der Waals surface area contributed by atoms with Crippen LogP contribution in [-0.2, 0) is 4.79 Å². The fourth-order valence-electron chi connectivity index (χ4n) is 2.63. The van der Waals surface area contributed by atoms with E-state index in [2.05, 4.69) is 15.8 Å². The molecule has 28 heavy (non-hydrogen) atoms. The van der Waals surface area contributed by atoms with Gasteiger partial charge in [0, 0.05) is 11.4 Å². The van der Waals surface area contributed by atoms with Crippen molar-refractivity contribution in [3.63, 3.8) is 0 Å². The third-order valence-electron chi connectivity index (χ3n) is 4.00. The van der Waals surface area contributed by atoms with Gasteiger partial charge in [-0.15, -0.1) is 0 Å². The second kappa shape index (κ2) is 8.30. The molecule has 0 atom stereocenters. The fraction of sp³-hybridized carbons (Fsp3) is 0.0952. The molecule has 7 heteroatoms. The Kier molecular flexibility index (Phi) is 5.64. The van der Waals surface area contributed by atoms with Crippen LogP contribution in [0.5, 0.6) is 5.75 Å². The van der Waals surface area contributed by atoms with Crippen molar-refractivity contribution < 1.29 is 19.1 Å². The normalized spacial score (nSPS) is 11.3. The number of carbonyl (C=O) groups is 2. The zero-order chi connectivity index (χ0) is 20.1. The molecule has 0 aliphatic rings. The average Bonchev–Trinajstić information content (AvgIpc) is 2.67. The summed E-state index contributed by atoms with van der Waals surface area (Å²) < 4.78 is 12.9. The van der Waals surface area contributed by atoms with Gasteiger partial charge in [-0.1, -0.05) is 24.3 Å². The minimum absolute atomic E-state index is 0.0542. The highest BCUT2D eigenvalue weighted by Crippen LogP contribution is 2.24. The number of halogens is 1. The molecule has 0 saturated heterocycles. The van der Waals surface area contributed by atoms with Gasteiger partial charge in [-0.2, -0.15) is 5.10 Å². The first-order valence-electron chi connectivity index (χ1n) is 8.53. The van der Waals surface area contributed by atoms with E-state index in [4.69, 9.17) is 0 Å². The Balaban J connectivity index is 1.62. The number of rotatable bonds is 5. The third kappa shape index (κ3) is 4.70. The predicted molar refractivity (Wildman–Crippen MR) is 106 cm³/mol. The number of nitrogens with zero attached hydrogens (tertiary/aromatic N) is 1. The quantitative estimate of drug-likeness (QED) is 0.465. The van der Waals surface area contributed by atoms with Crippen molar-refractivity contribution in [2.75, 3.05) is 5.32 Å². The second-order valence-electron chi connectivity index (χ2n) is 6.24. The molecule has 0 bridgehead atoms. The lowest BCUT2D eigenvalue weighted by atomic mass is 10.1. The van der Waals surface area contributed by atoms with Crippen molar-refractivity contribution >= 4 is 34.0 Å². The Morgan fingerprint density at radius 3 is 2.36 bits per heavy atom. The van der Waals surface area contributed by atoms with Gasteiger partial charge in [0.2, 0.25) is 5.91 Å². The molecule has 0 heterocycles. The summed E-state index contributed by atoms with van der Waals surface area (Å²) in [6.45, 7) is 1.59. The molecular weight excluding hydrogens is 361 g/mol. The van der Waals surface area contributed by atoms with Crippen LogP contribution < -0.4 is 10.7 Å². The number of anilines is 1. The lowest BCUT2D eigenvalue weighted by Gasteiger charge is -2.07. The smallest absolute Gasteiger partial charge is 0.275 e. The van der Waals surface area contributed by atoms with Gasteiger partial charge >= 0.3 is 0 Å². The minimum atomic E-state index is -0.582. The summed E-state index contributed by atoms with van der Waals surface area (Å²) >= 11 is 0. The van der Waals surface area contributed by atoms with E-state index in [9.17, 15) is 19.1 Å². The number of hydrogen-bond acceptors (Lipinski definition) is 4. The molecule has 3 aromatic rings. The van der Waals surface area contributed by atoms with Crippen molar-refractivity contribution in [2.24, 2.45) is 5.10 Å². The number of hydrogen-bond donors (Lipinski definition) is 3. The largest absolute Gasteiger partial charge is 0.507 e. The van der Waals surface area contributed by atoms with E-state index in [1.165, 1.54) is 30.3 Å². The molecule has 3 aromatic carbocycles. The highest BCUT2D eigenvalue weighted by atomic mass is 19.1. The van der Waals surface area contributed by atoms with Gasteiger partial charge in [-0.3, -0.25) is 9.59 Å². The predicted octanol–water partition coefficient (Wildman–Crippen LogP) is 3.82. The maximum absolute atomic E-state index is 12.9. The monoisotopic (exact) mass is 379 g/mol. The highest BCUT2D eigenvalue weighted by molar-refractivity contribution is 6.06. The summed E-state index contributed by atoms with van der Waals surface area (Å²) in [5.74, 6) is -1.48. The van der Waals surface area contributed by atoms with Gasteiger partial charge < -0.3 is 10.4 Å². The van der Waals surface area contributed by atoms with E-state index in [-0.39, 0.29) is 23.6 Å². The van der Waals surface area contributed by atoms with Gasteiger partial charge in [0.15, 0.2) is 0 Å². The molecule has 3 rings (SSSR count). The number of nitrogens with one attached hydrogen (secondary N) is 2. The SMILES string of the molecule is C/C(CC(=O)Nc1ccc(F)cc1)=N\NC(=O)c1cc2ccccc2cc1O. The van der Waals surface area contributed by atoms with Crippen LogP contribution in [0.1, 0.15) is 23.7 Å². The molecule has 0 unspecified atom stereocenters. The van der Waals surface area contributed by atoms with Crippen molar-refractivity contribution in [3.8, 4) is 5.75 Å². The number of aromatic hydroxyl groups is 1. The second-order valence-corrected chi connectivity index (χ2v) is 6.24. The molecule has 6 nitrogen and oxygen atoms in total. The van der Waals surface area contributed by atoms with E-state index in [0.717, 1.165) is 10.8 Å². The number of phenols is 1. The fourth-order valence-corrected chi connectivity index (χ4v) is 2.63. The first-order chi connectivity index (χ1) is 13.4. The van der Waals surface area contributed by atoms with E-state index in [0.29, 0.717) is 11.4 Å². The molecule has 0 aliphatic carbocycles. The van der Waals surface area contributed by atoms with Crippen LogP contribution in [0.15, 0.2) is 65.8 Å². The third-order valence-corrected chi connectivity index (χ3v) is 4.00. The van der Waals surface area contributed by atoms with Crippen LogP contribution >= 0.6 is 0 Å². The molecule has 3 N–H and O–H groups in total. The topological polar surface area (TPSA) is 90.8 Å². The van der Waals surface area contributed by atoms with Crippen molar-refractivity contribution in [3.05, 3.63) is 72.0 Å². The Morgan fingerprint density at radius 1 is 1.04 bits per heavy atom. The maximum Gasteiger partial charge on any atom is 0.275 e. The average molecular weight is 379 g/mol.